The van der Waals surface area contributed by atoms with Gasteiger partial charge in [0.15, 0.2) is 5.65 Å². The van der Waals surface area contributed by atoms with Gasteiger partial charge in [0, 0.05) is 6.04 Å². The molecule has 1 aromatic carbocycles. The fraction of sp³-hybridized carbons (Fsp3) is 0.267. The highest BCUT2D eigenvalue weighted by molar-refractivity contribution is 5.45. The van der Waals surface area contributed by atoms with Gasteiger partial charge < -0.3 is 5.32 Å². The summed E-state index contributed by atoms with van der Waals surface area (Å²) in [6, 6.07) is 6.67. The van der Waals surface area contributed by atoms with Crippen molar-refractivity contribution in [3.63, 3.8) is 0 Å². The Balaban J connectivity index is 1.84. The monoisotopic (exact) mass is 375 g/mol. The zero-order valence-electron chi connectivity index (χ0n) is 13.1. The molecular weight excluding hydrogens is 364 g/mol. The maximum absolute atomic E-state index is 12.9. The van der Waals surface area contributed by atoms with Crippen LogP contribution in [0, 0.1) is 0 Å². The van der Waals surface area contributed by atoms with Crippen LogP contribution in [0.3, 0.4) is 0 Å². The van der Waals surface area contributed by atoms with E-state index in [0.29, 0.717) is 10.1 Å². The number of hydrogen-bond acceptors (Lipinski definition) is 4. The van der Waals surface area contributed by atoms with Gasteiger partial charge in [0.25, 0.3) is 5.82 Å². The van der Waals surface area contributed by atoms with Crippen LogP contribution in [0.2, 0.25) is 0 Å². The number of fused-ring (bicyclic) bond motifs is 1. The smallest absolute Gasteiger partial charge is 0.362 e. The standard InChI is InChI=1S/C15H11F6N5/c1-8(9-2-4-10(5-3-9)14(16,17)18)22-11-6-7-12-23-24-13(15(19,20)21)26(12)25-11/h2-8H,1H3,(H,22,25). The van der Waals surface area contributed by atoms with Gasteiger partial charge in [-0.2, -0.15) is 30.9 Å². The van der Waals surface area contributed by atoms with E-state index in [1.807, 2.05) is 0 Å². The molecule has 0 saturated heterocycles. The Morgan fingerprint density at radius 3 is 2.12 bits per heavy atom. The molecule has 138 valence electrons. The van der Waals surface area contributed by atoms with E-state index in [9.17, 15) is 26.3 Å². The number of hydrogen-bond donors (Lipinski definition) is 1. The lowest BCUT2D eigenvalue weighted by molar-refractivity contribution is -0.146. The van der Waals surface area contributed by atoms with Crippen molar-refractivity contribution in [3.8, 4) is 0 Å². The molecule has 3 rings (SSSR count). The molecule has 11 heteroatoms. The van der Waals surface area contributed by atoms with Crippen LogP contribution in [0.25, 0.3) is 5.65 Å². The zero-order chi connectivity index (χ0) is 19.1. The van der Waals surface area contributed by atoms with Crippen molar-refractivity contribution >= 4 is 11.5 Å². The summed E-state index contributed by atoms with van der Waals surface area (Å²) in [5.74, 6) is -1.17. The van der Waals surface area contributed by atoms with Crippen molar-refractivity contribution in [2.75, 3.05) is 5.32 Å². The normalized spacial score (nSPS) is 13.8. The first-order valence-corrected chi connectivity index (χ1v) is 7.29. The van der Waals surface area contributed by atoms with Crippen molar-refractivity contribution in [2.45, 2.75) is 25.3 Å². The second-order valence-electron chi connectivity index (χ2n) is 5.50. The van der Waals surface area contributed by atoms with Crippen molar-refractivity contribution in [2.24, 2.45) is 0 Å². The first kappa shape index (κ1) is 18.0. The highest BCUT2D eigenvalue weighted by atomic mass is 19.4. The first-order valence-electron chi connectivity index (χ1n) is 7.29. The minimum atomic E-state index is -4.72. The molecule has 0 aliphatic heterocycles. The summed E-state index contributed by atoms with van der Waals surface area (Å²) in [6.45, 7) is 1.64. The van der Waals surface area contributed by atoms with Crippen molar-refractivity contribution in [1.29, 1.82) is 0 Å². The average Bonchev–Trinajstić information content (AvgIpc) is 2.97. The van der Waals surface area contributed by atoms with E-state index in [-0.39, 0.29) is 11.5 Å². The Labute approximate surface area is 142 Å². The van der Waals surface area contributed by atoms with Gasteiger partial charge in [-0.1, -0.05) is 12.1 Å². The molecule has 0 bridgehead atoms. The number of rotatable bonds is 3. The molecule has 3 aromatic rings. The molecular formula is C15H11F6N5. The molecule has 0 amide bonds. The molecule has 2 heterocycles. The summed E-state index contributed by atoms with van der Waals surface area (Å²) < 4.78 is 76.9. The molecule has 2 aromatic heterocycles. The van der Waals surface area contributed by atoms with Crippen LogP contribution >= 0.6 is 0 Å². The Morgan fingerprint density at radius 1 is 0.885 bits per heavy atom. The summed E-state index contributed by atoms with van der Waals surface area (Å²) in [4.78, 5) is 0. The Bertz CT molecular complexity index is 913. The number of nitrogens with one attached hydrogen (secondary N) is 1. The highest BCUT2D eigenvalue weighted by Gasteiger charge is 2.37. The SMILES string of the molecule is CC(Nc1ccc2nnc(C(F)(F)F)n2n1)c1ccc(C(F)(F)F)cc1. The topological polar surface area (TPSA) is 55.1 Å². The van der Waals surface area contributed by atoms with Crippen LogP contribution in [0.1, 0.15) is 29.9 Å². The summed E-state index contributed by atoms with van der Waals surface area (Å²) in [6.07, 6.45) is -9.16. The van der Waals surface area contributed by atoms with Crippen LogP contribution < -0.4 is 5.32 Å². The minimum absolute atomic E-state index is 0.0786. The Hall–Kier alpha value is -2.85. The van der Waals surface area contributed by atoms with Gasteiger partial charge in [0.2, 0.25) is 0 Å². The molecule has 26 heavy (non-hydrogen) atoms. The molecule has 0 spiro atoms. The predicted molar refractivity (Wildman–Crippen MR) is 79.3 cm³/mol. The molecule has 0 radical (unpaired) electrons. The van der Waals surface area contributed by atoms with Gasteiger partial charge in [-0.3, -0.25) is 0 Å². The van der Waals surface area contributed by atoms with Gasteiger partial charge in [0.1, 0.15) is 5.82 Å². The first-order chi connectivity index (χ1) is 12.1. The Morgan fingerprint density at radius 2 is 1.54 bits per heavy atom. The molecule has 1 N–H and O–H groups in total. The molecule has 1 atom stereocenters. The number of nitrogens with zero attached hydrogens (tertiary/aromatic N) is 4. The van der Waals surface area contributed by atoms with Gasteiger partial charge in [0.05, 0.1) is 5.56 Å². The van der Waals surface area contributed by atoms with Crippen molar-refractivity contribution < 1.29 is 26.3 Å². The van der Waals surface area contributed by atoms with Gasteiger partial charge >= 0.3 is 12.4 Å². The van der Waals surface area contributed by atoms with Crippen LogP contribution in [0.5, 0.6) is 0 Å². The maximum Gasteiger partial charge on any atom is 0.453 e. The fourth-order valence-electron chi connectivity index (χ4n) is 2.31. The van der Waals surface area contributed by atoms with Crippen molar-refractivity contribution in [1.82, 2.24) is 19.8 Å². The van der Waals surface area contributed by atoms with Crippen molar-refractivity contribution in [3.05, 3.63) is 53.3 Å². The number of anilines is 1. The van der Waals surface area contributed by atoms with Gasteiger partial charge in [-0.15, -0.1) is 15.3 Å². The molecule has 0 saturated carbocycles. The predicted octanol–water partition coefficient (Wildman–Crippen LogP) is 4.34. The van der Waals surface area contributed by atoms with Crippen LogP contribution in [0.4, 0.5) is 32.2 Å². The van der Waals surface area contributed by atoms with E-state index < -0.39 is 29.8 Å². The summed E-state index contributed by atoms with van der Waals surface area (Å²) in [7, 11) is 0. The lowest BCUT2D eigenvalue weighted by Gasteiger charge is -2.16. The third kappa shape index (κ3) is 3.55. The summed E-state index contributed by atoms with van der Waals surface area (Å²) in [5.41, 5.74) is -0.350. The zero-order valence-corrected chi connectivity index (χ0v) is 13.1. The largest absolute Gasteiger partial charge is 0.453 e. The second-order valence-corrected chi connectivity index (χ2v) is 5.50. The Kier molecular flexibility index (Phi) is 4.24. The van der Waals surface area contributed by atoms with E-state index in [1.54, 1.807) is 6.92 Å². The average molecular weight is 375 g/mol. The third-order valence-electron chi connectivity index (χ3n) is 3.62. The molecule has 1 unspecified atom stereocenters. The molecule has 5 nitrogen and oxygen atoms in total. The van der Waals surface area contributed by atoms with E-state index >= 15 is 0 Å². The number of benzene rings is 1. The van der Waals surface area contributed by atoms with E-state index in [0.717, 1.165) is 12.1 Å². The fourth-order valence-corrected chi connectivity index (χ4v) is 2.31. The van der Waals surface area contributed by atoms with Crippen LogP contribution in [-0.4, -0.2) is 19.8 Å². The van der Waals surface area contributed by atoms with E-state index in [2.05, 4.69) is 20.6 Å². The second kappa shape index (κ2) is 6.15. The molecule has 0 fully saturated rings. The van der Waals surface area contributed by atoms with Gasteiger partial charge in [-0.05, 0) is 36.8 Å². The number of halogens is 6. The van der Waals surface area contributed by atoms with Crippen LogP contribution in [-0.2, 0) is 12.4 Å². The summed E-state index contributed by atoms with van der Waals surface area (Å²) in [5, 5.41) is 13.1. The highest BCUT2D eigenvalue weighted by Crippen LogP contribution is 2.31. The van der Waals surface area contributed by atoms with E-state index in [1.165, 1.54) is 24.3 Å². The third-order valence-corrected chi connectivity index (χ3v) is 3.62. The number of aromatic nitrogens is 4. The number of alkyl halides is 6. The summed E-state index contributed by atoms with van der Waals surface area (Å²) >= 11 is 0. The quantitative estimate of drug-likeness (QED) is 0.692. The van der Waals surface area contributed by atoms with Crippen LogP contribution in [0.15, 0.2) is 36.4 Å². The van der Waals surface area contributed by atoms with E-state index in [4.69, 9.17) is 0 Å². The minimum Gasteiger partial charge on any atom is -0.362 e. The maximum atomic E-state index is 12.9. The lowest BCUT2D eigenvalue weighted by atomic mass is 10.1. The molecule has 0 aliphatic rings. The molecule has 0 aliphatic carbocycles. The van der Waals surface area contributed by atoms with Gasteiger partial charge in [-0.25, -0.2) is 0 Å². The lowest BCUT2D eigenvalue weighted by Crippen LogP contribution is -2.14.